The van der Waals surface area contributed by atoms with E-state index >= 15 is 0 Å². The Morgan fingerprint density at radius 1 is 1.33 bits per heavy atom. The lowest BCUT2D eigenvalue weighted by Gasteiger charge is -2.18. The van der Waals surface area contributed by atoms with Crippen LogP contribution in [0.2, 0.25) is 0 Å². The summed E-state index contributed by atoms with van der Waals surface area (Å²) in [7, 11) is 1.77. The molecule has 2 aromatic rings. The first-order valence-corrected chi connectivity index (χ1v) is 6.90. The van der Waals surface area contributed by atoms with Crippen LogP contribution in [0.5, 0.6) is 0 Å². The summed E-state index contributed by atoms with van der Waals surface area (Å²) in [6.45, 7) is 2.93. The van der Waals surface area contributed by atoms with E-state index in [0.29, 0.717) is 19.0 Å². The van der Waals surface area contributed by atoms with E-state index in [1.54, 1.807) is 24.0 Å². The van der Waals surface area contributed by atoms with E-state index in [2.05, 4.69) is 15.7 Å². The summed E-state index contributed by atoms with van der Waals surface area (Å²) in [5.41, 5.74) is 1.04. The molecule has 6 nitrogen and oxygen atoms in total. The third kappa shape index (κ3) is 4.32. The van der Waals surface area contributed by atoms with E-state index in [-0.39, 0.29) is 12.1 Å². The van der Waals surface area contributed by atoms with Crippen LogP contribution in [-0.2, 0) is 11.8 Å². The van der Waals surface area contributed by atoms with Gasteiger partial charge < -0.3 is 10.1 Å². The maximum atomic E-state index is 11.9. The number of aryl methyl sites for hydroxylation is 1. The van der Waals surface area contributed by atoms with Crippen molar-refractivity contribution in [1.82, 2.24) is 15.1 Å². The molecule has 0 aliphatic heterocycles. The first-order valence-electron chi connectivity index (χ1n) is 6.90. The summed E-state index contributed by atoms with van der Waals surface area (Å²) in [4.78, 5) is 11.9. The summed E-state index contributed by atoms with van der Waals surface area (Å²) in [5, 5.41) is 9.54. The second kappa shape index (κ2) is 7.44. The summed E-state index contributed by atoms with van der Waals surface area (Å²) in [5.74, 6) is 0.639. The summed E-state index contributed by atoms with van der Waals surface area (Å²) in [6.07, 6.45) is 1.47. The van der Waals surface area contributed by atoms with E-state index in [4.69, 9.17) is 4.74 Å². The highest BCUT2D eigenvalue weighted by Crippen LogP contribution is 2.16. The van der Waals surface area contributed by atoms with Gasteiger partial charge in [-0.2, -0.15) is 5.10 Å². The number of nitrogens with zero attached hydrogens (tertiary/aromatic N) is 2. The van der Waals surface area contributed by atoms with Crippen LogP contribution in [0.15, 0.2) is 42.6 Å². The molecular weight excluding hydrogens is 268 g/mol. The van der Waals surface area contributed by atoms with Gasteiger partial charge >= 0.3 is 6.03 Å². The number of nitrogens with one attached hydrogen (secondary N) is 2. The van der Waals surface area contributed by atoms with Crippen molar-refractivity contribution in [3.63, 3.8) is 0 Å². The molecule has 2 N–H and O–H groups in total. The van der Waals surface area contributed by atoms with Crippen molar-refractivity contribution in [2.75, 3.05) is 18.5 Å². The van der Waals surface area contributed by atoms with Crippen LogP contribution in [0.1, 0.15) is 18.6 Å². The number of amides is 2. The second-order valence-electron chi connectivity index (χ2n) is 4.53. The van der Waals surface area contributed by atoms with Gasteiger partial charge in [0.1, 0.15) is 5.82 Å². The van der Waals surface area contributed by atoms with E-state index in [1.165, 1.54) is 0 Å². The van der Waals surface area contributed by atoms with Gasteiger partial charge in [-0.3, -0.25) is 10.00 Å². The monoisotopic (exact) mass is 288 g/mol. The average Bonchev–Trinajstić information content (AvgIpc) is 2.89. The van der Waals surface area contributed by atoms with Gasteiger partial charge in [0.2, 0.25) is 0 Å². The van der Waals surface area contributed by atoms with Crippen molar-refractivity contribution in [3.05, 3.63) is 48.2 Å². The predicted octanol–water partition coefficient (Wildman–Crippen LogP) is 2.32. The second-order valence-corrected chi connectivity index (χ2v) is 4.53. The fourth-order valence-electron chi connectivity index (χ4n) is 1.98. The van der Waals surface area contributed by atoms with Crippen LogP contribution < -0.4 is 10.6 Å². The Balaban J connectivity index is 1.90. The Labute approximate surface area is 124 Å². The first-order chi connectivity index (χ1) is 10.2. The first kappa shape index (κ1) is 15.1. The zero-order chi connectivity index (χ0) is 15.1. The van der Waals surface area contributed by atoms with Gasteiger partial charge in [-0.05, 0) is 12.5 Å². The van der Waals surface area contributed by atoms with Crippen molar-refractivity contribution >= 4 is 11.8 Å². The molecule has 6 heteroatoms. The van der Waals surface area contributed by atoms with E-state index < -0.39 is 0 Å². The molecule has 1 heterocycles. The number of ether oxygens (including phenoxy) is 1. The lowest BCUT2D eigenvalue weighted by Crippen LogP contribution is -2.33. The fourth-order valence-corrected chi connectivity index (χ4v) is 1.98. The minimum Gasteiger partial charge on any atom is -0.372 e. The highest BCUT2D eigenvalue weighted by molar-refractivity contribution is 5.88. The van der Waals surface area contributed by atoms with Crippen molar-refractivity contribution in [3.8, 4) is 0 Å². The molecule has 0 aliphatic carbocycles. The number of aromatic nitrogens is 2. The molecule has 0 saturated carbocycles. The molecule has 0 spiro atoms. The highest BCUT2D eigenvalue weighted by atomic mass is 16.5. The fraction of sp³-hybridized carbons (Fsp3) is 0.333. The maximum absolute atomic E-state index is 11.9. The lowest BCUT2D eigenvalue weighted by atomic mass is 10.1. The van der Waals surface area contributed by atoms with Crippen LogP contribution >= 0.6 is 0 Å². The van der Waals surface area contributed by atoms with Crippen LogP contribution in [0.25, 0.3) is 0 Å². The molecule has 0 radical (unpaired) electrons. The molecule has 2 rings (SSSR count). The molecule has 0 aliphatic rings. The molecule has 112 valence electrons. The van der Waals surface area contributed by atoms with Crippen molar-refractivity contribution < 1.29 is 9.53 Å². The zero-order valence-electron chi connectivity index (χ0n) is 12.2. The van der Waals surface area contributed by atoms with Crippen molar-refractivity contribution in [1.29, 1.82) is 0 Å². The third-order valence-corrected chi connectivity index (χ3v) is 3.05. The highest BCUT2D eigenvalue weighted by Gasteiger charge is 2.13. The molecular formula is C15H20N4O2. The number of carbonyl (C=O) groups excluding carboxylic acids is 1. The summed E-state index contributed by atoms with van der Waals surface area (Å²) >= 11 is 0. The van der Waals surface area contributed by atoms with Gasteiger partial charge in [-0.15, -0.1) is 0 Å². The van der Waals surface area contributed by atoms with Gasteiger partial charge in [-0.25, -0.2) is 4.79 Å². The van der Waals surface area contributed by atoms with E-state index in [1.807, 2.05) is 37.3 Å². The number of hydrogen-bond donors (Lipinski definition) is 2. The number of urea groups is 1. The Morgan fingerprint density at radius 2 is 2.10 bits per heavy atom. The van der Waals surface area contributed by atoms with Crippen LogP contribution in [0.3, 0.4) is 0 Å². The smallest absolute Gasteiger partial charge is 0.320 e. The number of carbonyl (C=O) groups is 1. The molecule has 0 fully saturated rings. The Bertz CT molecular complexity index is 568. The number of rotatable bonds is 6. The SMILES string of the molecule is CCOC(CNC(=O)Nc1ccnn1C)c1ccccc1. The molecule has 21 heavy (non-hydrogen) atoms. The quantitative estimate of drug-likeness (QED) is 0.857. The maximum Gasteiger partial charge on any atom is 0.320 e. The summed E-state index contributed by atoms with van der Waals surface area (Å²) in [6, 6.07) is 11.3. The number of hydrogen-bond acceptors (Lipinski definition) is 3. The van der Waals surface area contributed by atoms with Gasteiger partial charge in [0.05, 0.1) is 12.3 Å². The van der Waals surface area contributed by atoms with Gasteiger partial charge in [0.15, 0.2) is 0 Å². The number of benzene rings is 1. The molecule has 0 saturated heterocycles. The largest absolute Gasteiger partial charge is 0.372 e. The van der Waals surface area contributed by atoms with Gasteiger partial charge in [0.25, 0.3) is 0 Å². The van der Waals surface area contributed by atoms with E-state index in [0.717, 1.165) is 5.56 Å². The molecule has 1 aromatic carbocycles. The molecule has 1 aromatic heterocycles. The van der Waals surface area contributed by atoms with Crippen molar-refractivity contribution in [2.24, 2.45) is 7.05 Å². The summed E-state index contributed by atoms with van der Waals surface area (Å²) < 4.78 is 7.27. The van der Waals surface area contributed by atoms with Crippen LogP contribution in [0.4, 0.5) is 10.6 Å². The third-order valence-electron chi connectivity index (χ3n) is 3.05. The zero-order valence-corrected chi connectivity index (χ0v) is 12.2. The van der Waals surface area contributed by atoms with Gasteiger partial charge in [0, 0.05) is 26.3 Å². The van der Waals surface area contributed by atoms with Crippen LogP contribution in [0, 0.1) is 0 Å². The van der Waals surface area contributed by atoms with Crippen molar-refractivity contribution in [2.45, 2.75) is 13.0 Å². The molecule has 1 atom stereocenters. The Morgan fingerprint density at radius 3 is 2.71 bits per heavy atom. The molecule has 0 bridgehead atoms. The topological polar surface area (TPSA) is 68.2 Å². The Hall–Kier alpha value is -2.34. The lowest BCUT2D eigenvalue weighted by molar-refractivity contribution is 0.0643. The van der Waals surface area contributed by atoms with Gasteiger partial charge in [-0.1, -0.05) is 30.3 Å². The Kier molecular flexibility index (Phi) is 5.34. The normalized spacial score (nSPS) is 11.9. The van der Waals surface area contributed by atoms with Crippen LogP contribution in [-0.4, -0.2) is 29.0 Å². The number of anilines is 1. The average molecular weight is 288 g/mol. The minimum atomic E-state index is -0.278. The minimum absolute atomic E-state index is 0.159. The molecule has 2 amide bonds. The predicted molar refractivity (Wildman–Crippen MR) is 81.0 cm³/mol. The standard InChI is InChI=1S/C15H20N4O2/c1-3-21-13(12-7-5-4-6-8-12)11-16-15(20)18-14-9-10-17-19(14)2/h4-10,13H,3,11H2,1-2H3,(H2,16,18,20). The molecule has 1 unspecified atom stereocenters. The van der Waals surface area contributed by atoms with E-state index in [9.17, 15) is 4.79 Å².